The molecule has 0 aliphatic rings. The summed E-state index contributed by atoms with van der Waals surface area (Å²) in [7, 11) is 0. The molecule has 0 radical (unpaired) electrons. The SMILES string of the molecule is CSc1ccc(C(C)NCc2scnc2C)cc1. The van der Waals surface area contributed by atoms with Gasteiger partial charge in [-0.15, -0.1) is 23.1 Å². The minimum atomic E-state index is 0.363. The van der Waals surface area contributed by atoms with Crippen molar-refractivity contribution in [2.75, 3.05) is 6.26 Å². The van der Waals surface area contributed by atoms with Gasteiger partial charge in [-0.05, 0) is 37.8 Å². The molecule has 1 aromatic heterocycles. The van der Waals surface area contributed by atoms with Crippen molar-refractivity contribution in [3.05, 3.63) is 45.9 Å². The van der Waals surface area contributed by atoms with Gasteiger partial charge in [0.25, 0.3) is 0 Å². The van der Waals surface area contributed by atoms with E-state index < -0.39 is 0 Å². The molecule has 0 amide bonds. The molecule has 4 heteroatoms. The topological polar surface area (TPSA) is 24.9 Å². The number of thiazole rings is 1. The number of aryl methyl sites for hydroxylation is 1. The second-order valence-electron chi connectivity index (χ2n) is 4.24. The number of rotatable bonds is 5. The molecule has 1 heterocycles. The highest BCUT2D eigenvalue weighted by Gasteiger charge is 2.07. The number of aromatic nitrogens is 1. The fourth-order valence-corrected chi connectivity index (χ4v) is 2.89. The van der Waals surface area contributed by atoms with Gasteiger partial charge in [-0.3, -0.25) is 0 Å². The maximum atomic E-state index is 4.27. The molecule has 2 aromatic rings. The molecule has 1 N–H and O–H groups in total. The predicted octanol–water partition coefficient (Wildman–Crippen LogP) is 4.02. The number of hydrogen-bond donors (Lipinski definition) is 1. The lowest BCUT2D eigenvalue weighted by Gasteiger charge is -2.14. The summed E-state index contributed by atoms with van der Waals surface area (Å²) in [5, 5.41) is 3.54. The van der Waals surface area contributed by atoms with Crippen molar-refractivity contribution in [3.8, 4) is 0 Å². The van der Waals surface area contributed by atoms with Gasteiger partial charge >= 0.3 is 0 Å². The van der Waals surface area contributed by atoms with Gasteiger partial charge in [0.05, 0.1) is 11.2 Å². The lowest BCUT2D eigenvalue weighted by Crippen LogP contribution is -2.17. The Kier molecular flexibility index (Phi) is 4.80. The van der Waals surface area contributed by atoms with E-state index in [1.807, 2.05) is 5.51 Å². The molecule has 0 bridgehead atoms. The standard InChI is InChI=1S/C14H18N2S2/c1-10(12-4-6-13(17-3)7-5-12)15-8-14-11(2)16-9-18-14/h4-7,9-10,15H,8H2,1-3H3. The van der Waals surface area contributed by atoms with Crippen molar-refractivity contribution in [1.29, 1.82) is 0 Å². The van der Waals surface area contributed by atoms with E-state index in [1.165, 1.54) is 15.3 Å². The highest BCUT2D eigenvalue weighted by atomic mass is 32.2. The van der Waals surface area contributed by atoms with Crippen molar-refractivity contribution in [2.45, 2.75) is 31.3 Å². The van der Waals surface area contributed by atoms with Gasteiger partial charge < -0.3 is 5.32 Å². The Bertz CT molecular complexity index is 491. The lowest BCUT2D eigenvalue weighted by atomic mass is 10.1. The maximum Gasteiger partial charge on any atom is 0.0798 e. The molecule has 0 fully saturated rings. The Morgan fingerprint density at radius 2 is 2.06 bits per heavy atom. The number of nitrogens with zero attached hydrogens (tertiary/aromatic N) is 1. The summed E-state index contributed by atoms with van der Waals surface area (Å²) >= 11 is 3.49. The van der Waals surface area contributed by atoms with Crippen LogP contribution >= 0.6 is 23.1 Å². The van der Waals surface area contributed by atoms with Gasteiger partial charge in [-0.2, -0.15) is 0 Å². The second kappa shape index (κ2) is 6.36. The molecule has 18 heavy (non-hydrogen) atoms. The molecular weight excluding hydrogens is 260 g/mol. The van der Waals surface area contributed by atoms with Gasteiger partial charge in [0.15, 0.2) is 0 Å². The Balaban J connectivity index is 1.94. The molecule has 0 aliphatic heterocycles. The Morgan fingerprint density at radius 1 is 1.33 bits per heavy atom. The summed E-state index contributed by atoms with van der Waals surface area (Å²) in [5.74, 6) is 0. The fraction of sp³-hybridized carbons (Fsp3) is 0.357. The number of benzene rings is 1. The molecule has 1 aromatic carbocycles. The van der Waals surface area contributed by atoms with Crippen LogP contribution in [0.4, 0.5) is 0 Å². The van der Waals surface area contributed by atoms with Gasteiger partial charge in [-0.1, -0.05) is 12.1 Å². The molecule has 1 atom stereocenters. The molecule has 2 rings (SSSR count). The van der Waals surface area contributed by atoms with Crippen LogP contribution in [0.15, 0.2) is 34.7 Å². The van der Waals surface area contributed by atoms with Crippen LogP contribution in [0.5, 0.6) is 0 Å². The first kappa shape index (κ1) is 13.6. The summed E-state index contributed by atoms with van der Waals surface area (Å²) in [5.41, 5.74) is 4.37. The molecular formula is C14H18N2S2. The summed E-state index contributed by atoms with van der Waals surface area (Å²) in [6.45, 7) is 5.15. The van der Waals surface area contributed by atoms with E-state index in [0.717, 1.165) is 12.2 Å². The van der Waals surface area contributed by atoms with E-state index >= 15 is 0 Å². The van der Waals surface area contributed by atoms with Crippen LogP contribution in [-0.2, 0) is 6.54 Å². The van der Waals surface area contributed by atoms with Crippen LogP contribution < -0.4 is 5.32 Å². The number of hydrogen-bond acceptors (Lipinski definition) is 4. The highest BCUT2D eigenvalue weighted by Crippen LogP contribution is 2.20. The number of nitrogens with one attached hydrogen (secondary N) is 1. The monoisotopic (exact) mass is 278 g/mol. The summed E-state index contributed by atoms with van der Waals surface area (Å²) < 4.78 is 0. The predicted molar refractivity (Wildman–Crippen MR) is 80.3 cm³/mol. The van der Waals surface area contributed by atoms with Crippen molar-refractivity contribution in [3.63, 3.8) is 0 Å². The first-order valence-electron chi connectivity index (χ1n) is 5.97. The van der Waals surface area contributed by atoms with Gasteiger partial charge in [-0.25, -0.2) is 4.98 Å². The van der Waals surface area contributed by atoms with Crippen LogP contribution in [0.1, 0.15) is 29.1 Å². The lowest BCUT2D eigenvalue weighted by molar-refractivity contribution is 0.577. The quantitative estimate of drug-likeness (QED) is 0.836. The zero-order valence-corrected chi connectivity index (χ0v) is 12.6. The average Bonchev–Trinajstić information content (AvgIpc) is 2.81. The summed E-state index contributed by atoms with van der Waals surface area (Å²) in [6.07, 6.45) is 2.10. The zero-order chi connectivity index (χ0) is 13.0. The molecule has 1 unspecified atom stereocenters. The number of thioether (sulfide) groups is 1. The minimum absolute atomic E-state index is 0.363. The third kappa shape index (κ3) is 3.34. The van der Waals surface area contributed by atoms with Gasteiger partial charge in [0.1, 0.15) is 0 Å². The Morgan fingerprint density at radius 3 is 2.61 bits per heavy atom. The third-order valence-electron chi connectivity index (χ3n) is 3.03. The Labute approximate surface area is 117 Å². The molecule has 0 saturated heterocycles. The van der Waals surface area contributed by atoms with E-state index in [1.54, 1.807) is 23.1 Å². The van der Waals surface area contributed by atoms with E-state index in [0.29, 0.717) is 6.04 Å². The highest BCUT2D eigenvalue weighted by molar-refractivity contribution is 7.98. The molecule has 96 valence electrons. The van der Waals surface area contributed by atoms with Gasteiger partial charge in [0, 0.05) is 22.4 Å². The van der Waals surface area contributed by atoms with E-state index in [4.69, 9.17) is 0 Å². The van der Waals surface area contributed by atoms with Crippen LogP contribution in [-0.4, -0.2) is 11.2 Å². The van der Waals surface area contributed by atoms with Crippen molar-refractivity contribution in [1.82, 2.24) is 10.3 Å². The first-order chi connectivity index (χ1) is 8.70. The van der Waals surface area contributed by atoms with Gasteiger partial charge in [0.2, 0.25) is 0 Å². The maximum absolute atomic E-state index is 4.27. The molecule has 0 aliphatic carbocycles. The zero-order valence-electron chi connectivity index (χ0n) is 10.9. The smallest absolute Gasteiger partial charge is 0.0798 e. The minimum Gasteiger partial charge on any atom is -0.305 e. The molecule has 0 spiro atoms. The van der Waals surface area contributed by atoms with Crippen molar-refractivity contribution in [2.24, 2.45) is 0 Å². The van der Waals surface area contributed by atoms with Crippen molar-refractivity contribution < 1.29 is 0 Å². The van der Waals surface area contributed by atoms with E-state index in [9.17, 15) is 0 Å². The van der Waals surface area contributed by atoms with Crippen LogP contribution in [0.25, 0.3) is 0 Å². The van der Waals surface area contributed by atoms with Crippen LogP contribution in [0.3, 0.4) is 0 Å². The normalized spacial score (nSPS) is 12.6. The summed E-state index contributed by atoms with van der Waals surface area (Å²) in [4.78, 5) is 6.90. The van der Waals surface area contributed by atoms with E-state index in [-0.39, 0.29) is 0 Å². The van der Waals surface area contributed by atoms with E-state index in [2.05, 4.69) is 54.7 Å². The average molecular weight is 278 g/mol. The molecule has 2 nitrogen and oxygen atoms in total. The third-order valence-corrected chi connectivity index (χ3v) is 4.71. The van der Waals surface area contributed by atoms with Crippen LogP contribution in [0, 0.1) is 6.92 Å². The molecule has 0 saturated carbocycles. The second-order valence-corrected chi connectivity index (χ2v) is 6.06. The Hall–Kier alpha value is -0.840. The van der Waals surface area contributed by atoms with Crippen molar-refractivity contribution >= 4 is 23.1 Å². The van der Waals surface area contributed by atoms with Crippen LogP contribution in [0.2, 0.25) is 0 Å². The summed E-state index contributed by atoms with van der Waals surface area (Å²) in [6, 6.07) is 9.11. The fourth-order valence-electron chi connectivity index (χ4n) is 1.75. The largest absolute Gasteiger partial charge is 0.305 e. The first-order valence-corrected chi connectivity index (χ1v) is 8.07.